The summed E-state index contributed by atoms with van der Waals surface area (Å²) in [5.74, 6) is 1.17. The Morgan fingerprint density at radius 1 is 1.14 bits per heavy atom. The van der Waals surface area contributed by atoms with E-state index >= 15 is 0 Å². The van der Waals surface area contributed by atoms with Crippen molar-refractivity contribution in [2.75, 3.05) is 5.32 Å². The summed E-state index contributed by atoms with van der Waals surface area (Å²) in [4.78, 5) is 0. The molecule has 1 aliphatic carbocycles. The first-order chi connectivity index (χ1) is 10.7. The van der Waals surface area contributed by atoms with Crippen molar-refractivity contribution in [3.63, 3.8) is 0 Å². The smallest absolute Gasteiger partial charge is 0.120 e. The second kappa shape index (κ2) is 5.06. The number of phenols is 1. The van der Waals surface area contributed by atoms with E-state index < -0.39 is 0 Å². The molecule has 3 atom stereocenters. The topological polar surface area (TPSA) is 32.3 Å². The molecule has 4 rings (SSSR count). The fraction of sp³-hybridized carbons (Fsp3) is 0.263. The minimum absolute atomic E-state index is 0.103. The largest absolute Gasteiger partial charge is 0.508 e. The van der Waals surface area contributed by atoms with Gasteiger partial charge in [-0.05, 0) is 42.5 Å². The normalized spacial score (nSPS) is 25.5. The molecular weight excluding hydrogens is 294 g/mol. The molecule has 0 aromatic heterocycles. The van der Waals surface area contributed by atoms with Crippen LogP contribution in [0, 0.1) is 12.8 Å². The number of hydrogen-bond acceptors (Lipinski definition) is 2. The lowest BCUT2D eigenvalue weighted by atomic mass is 9.76. The van der Waals surface area contributed by atoms with Crippen molar-refractivity contribution in [1.82, 2.24) is 0 Å². The molecule has 0 radical (unpaired) electrons. The van der Waals surface area contributed by atoms with Gasteiger partial charge >= 0.3 is 0 Å². The standard InChI is InChI=1S/C19H18ClNO/c1-11-16(20)10-9-14-12-6-4-7-13(12)19(21-18(11)14)15-5-2-3-8-17(15)22/h2-6,8-10,12-13,19,21-22H,7H2,1H3. The third kappa shape index (κ3) is 1.94. The maximum atomic E-state index is 10.3. The number of anilines is 1. The minimum atomic E-state index is 0.103. The van der Waals surface area contributed by atoms with Crippen molar-refractivity contribution >= 4 is 17.3 Å². The SMILES string of the molecule is Cc1c(Cl)ccc2c1NC(c1ccccc1O)C1CC=CC21. The fourth-order valence-electron chi connectivity index (χ4n) is 3.85. The van der Waals surface area contributed by atoms with Crippen LogP contribution in [-0.2, 0) is 0 Å². The molecule has 2 nitrogen and oxygen atoms in total. The van der Waals surface area contributed by atoms with Crippen LogP contribution < -0.4 is 5.32 Å². The van der Waals surface area contributed by atoms with Gasteiger partial charge in [0.25, 0.3) is 0 Å². The zero-order valence-electron chi connectivity index (χ0n) is 12.4. The lowest BCUT2D eigenvalue weighted by molar-refractivity contribution is 0.402. The van der Waals surface area contributed by atoms with E-state index in [0.717, 1.165) is 28.3 Å². The molecule has 0 spiro atoms. The molecule has 2 N–H and O–H groups in total. The first-order valence-electron chi connectivity index (χ1n) is 7.67. The van der Waals surface area contributed by atoms with E-state index in [1.165, 1.54) is 5.56 Å². The summed E-state index contributed by atoms with van der Waals surface area (Å²) in [7, 11) is 0. The molecule has 3 unspecified atom stereocenters. The third-order valence-electron chi connectivity index (χ3n) is 5.00. The average molecular weight is 312 g/mol. The quantitative estimate of drug-likeness (QED) is 0.711. The molecule has 0 bridgehead atoms. The number of nitrogens with one attached hydrogen (secondary N) is 1. The Morgan fingerprint density at radius 3 is 2.77 bits per heavy atom. The van der Waals surface area contributed by atoms with Crippen LogP contribution in [0.2, 0.25) is 5.02 Å². The molecule has 0 saturated heterocycles. The van der Waals surface area contributed by atoms with Crippen LogP contribution in [0.1, 0.15) is 35.1 Å². The van der Waals surface area contributed by atoms with E-state index in [2.05, 4.69) is 30.5 Å². The van der Waals surface area contributed by atoms with Gasteiger partial charge in [0.2, 0.25) is 0 Å². The van der Waals surface area contributed by atoms with Gasteiger partial charge in [-0.2, -0.15) is 0 Å². The molecule has 0 saturated carbocycles. The van der Waals surface area contributed by atoms with Gasteiger partial charge < -0.3 is 10.4 Å². The highest BCUT2D eigenvalue weighted by atomic mass is 35.5. The van der Waals surface area contributed by atoms with Crippen LogP contribution >= 0.6 is 11.6 Å². The minimum Gasteiger partial charge on any atom is -0.508 e. The number of aromatic hydroxyl groups is 1. The van der Waals surface area contributed by atoms with E-state index in [-0.39, 0.29) is 6.04 Å². The molecule has 22 heavy (non-hydrogen) atoms. The summed E-state index contributed by atoms with van der Waals surface area (Å²) in [5.41, 5.74) is 4.48. The van der Waals surface area contributed by atoms with Crippen molar-refractivity contribution in [2.24, 2.45) is 5.92 Å². The number of phenolic OH excluding ortho intramolecular Hbond substituents is 1. The summed E-state index contributed by atoms with van der Waals surface area (Å²) < 4.78 is 0. The van der Waals surface area contributed by atoms with Crippen LogP contribution in [0.4, 0.5) is 5.69 Å². The summed E-state index contributed by atoms with van der Waals surface area (Å²) in [5, 5.41) is 14.7. The van der Waals surface area contributed by atoms with Crippen molar-refractivity contribution in [3.05, 3.63) is 70.3 Å². The molecule has 1 heterocycles. The summed E-state index contributed by atoms with van der Waals surface area (Å²) in [6.45, 7) is 2.05. The first-order valence-corrected chi connectivity index (χ1v) is 8.04. The Hall–Kier alpha value is -1.93. The Balaban J connectivity index is 1.87. The van der Waals surface area contributed by atoms with Gasteiger partial charge in [-0.25, -0.2) is 0 Å². The Labute approximate surface area is 135 Å². The van der Waals surface area contributed by atoms with Gasteiger partial charge in [-0.15, -0.1) is 0 Å². The number of fused-ring (bicyclic) bond motifs is 3. The number of benzene rings is 2. The summed E-state index contributed by atoms with van der Waals surface area (Å²) in [6, 6.07) is 11.8. The lowest BCUT2D eigenvalue weighted by Crippen LogP contribution is -2.29. The molecule has 1 aliphatic heterocycles. The van der Waals surface area contributed by atoms with Gasteiger partial charge in [-0.1, -0.05) is 48.0 Å². The van der Waals surface area contributed by atoms with Crippen LogP contribution in [0.3, 0.4) is 0 Å². The van der Waals surface area contributed by atoms with Gasteiger partial charge in [-0.3, -0.25) is 0 Å². The van der Waals surface area contributed by atoms with E-state index in [4.69, 9.17) is 11.6 Å². The highest BCUT2D eigenvalue weighted by molar-refractivity contribution is 6.31. The number of allylic oxidation sites excluding steroid dienone is 2. The number of rotatable bonds is 1. The van der Waals surface area contributed by atoms with Crippen molar-refractivity contribution in [3.8, 4) is 5.75 Å². The van der Waals surface area contributed by atoms with Crippen molar-refractivity contribution < 1.29 is 5.11 Å². The van der Waals surface area contributed by atoms with Crippen LogP contribution in [0.25, 0.3) is 0 Å². The second-order valence-corrected chi connectivity index (χ2v) is 6.58. The molecule has 2 aliphatic rings. The molecular formula is C19H18ClNO. The predicted molar refractivity (Wildman–Crippen MR) is 90.6 cm³/mol. The maximum Gasteiger partial charge on any atom is 0.120 e. The van der Waals surface area contributed by atoms with Gasteiger partial charge in [0.05, 0.1) is 6.04 Å². The summed E-state index contributed by atoms with van der Waals surface area (Å²) >= 11 is 6.31. The van der Waals surface area contributed by atoms with Crippen LogP contribution in [0.5, 0.6) is 5.75 Å². The Bertz CT molecular complexity index is 768. The molecule has 3 heteroatoms. The van der Waals surface area contributed by atoms with Crippen molar-refractivity contribution in [2.45, 2.75) is 25.3 Å². The van der Waals surface area contributed by atoms with Gasteiger partial charge in [0.1, 0.15) is 5.75 Å². The monoisotopic (exact) mass is 311 g/mol. The zero-order valence-corrected chi connectivity index (χ0v) is 13.1. The molecule has 2 aromatic rings. The van der Waals surface area contributed by atoms with E-state index in [1.807, 2.05) is 24.3 Å². The van der Waals surface area contributed by atoms with Gasteiger partial charge in [0, 0.05) is 22.2 Å². The molecule has 112 valence electrons. The average Bonchev–Trinajstić information content (AvgIpc) is 3.00. The molecule has 2 aromatic carbocycles. The highest BCUT2D eigenvalue weighted by Gasteiger charge is 2.39. The number of para-hydroxylation sites is 1. The van der Waals surface area contributed by atoms with Gasteiger partial charge in [0.15, 0.2) is 0 Å². The predicted octanol–water partition coefficient (Wildman–Crippen LogP) is 5.18. The zero-order chi connectivity index (χ0) is 15.3. The van der Waals surface area contributed by atoms with Crippen molar-refractivity contribution in [1.29, 1.82) is 0 Å². The van der Waals surface area contributed by atoms with E-state index in [0.29, 0.717) is 17.6 Å². The Kier molecular flexibility index (Phi) is 3.16. The highest BCUT2D eigenvalue weighted by Crippen LogP contribution is 2.52. The molecule has 0 fully saturated rings. The summed E-state index contributed by atoms with van der Waals surface area (Å²) in [6.07, 6.45) is 5.57. The van der Waals surface area contributed by atoms with E-state index in [9.17, 15) is 5.11 Å². The maximum absolute atomic E-state index is 10.3. The molecule has 0 amide bonds. The second-order valence-electron chi connectivity index (χ2n) is 6.17. The van der Waals surface area contributed by atoms with Crippen LogP contribution in [0.15, 0.2) is 48.6 Å². The Morgan fingerprint density at radius 2 is 1.95 bits per heavy atom. The van der Waals surface area contributed by atoms with Crippen LogP contribution in [-0.4, -0.2) is 5.11 Å². The number of halogens is 1. The number of hydrogen-bond donors (Lipinski definition) is 2. The lowest BCUT2D eigenvalue weighted by Gasteiger charge is -2.38. The third-order valence-corrected chi connectivity index (χ3v) is 5.41. The van der Waals surface area contributed by atoms with E-state index in [1.54, 1.807) is 6.07 Å². The first kappa shape index (κ1) is 13.7. The fourth-order valence-corrected chi connectivity index (χ4v) is 4.00.